The first-order chi connectivity index (χ1) is 9.58. The molecule has 106 valence electrons. The number of aromatic carboxylic acids is 1. The minimum absolute atomic E-state index is 0.217. The molecule has 1 aliphatic rings. The van der Waals surface area contributed by atoms with Crippen LogP contribution in [0.1, 0.15) is 48.9 Å². The zero-order chi connectivity index (χ0) is 14.3. The molecule has 0 bridgehead atoms. The predicted molar refractivity (Wildman–Crippen MR) is 73.8 cm³/mol. The predicted octanol–water partition coefficient (Wildman–Crippen LogP) is 1.97. The highest BCUT2D eigenvalue weighted by atomic mass is 16.4. The lowest BCUT2D eigenvalue weighted by molar-refractivity contribution is 0.0696. The molecule has 20 heavy (non-hydrogen) atoms. The van der Waals surface area contributed by atoms with Gasteiger partial charge >= 0.3 is 5.97 Å². The fourth-order valence-electron chi connectivity index (χ4n) is 2.95. The molecule has 3 heterocycles. The van der Waals surface area contributed by atoms with Gasteiger partial charge in [0, 0.05) is 12.2 Å². The minimum atomic E-state index is -0.932. The normalized spacial score (nSPS) is 20.1. The molecule has 1 saturated heterocycles. The van der Waals surface area contributed by atoms with Crippen LogP contribution in [0, 0.1) is 0 Å². The Morgan fingerprint density at radius 2 is 2.20 bits per heavy atom. The third kappa shape index (κ3) is 2.06. The average molecular weight is 274 g/mol. The van der Waals surface area contributed by atoms with Gasteiger partial charge in [0.2, 0.25) is 0 Å². The lowest BCUT2D eigenvalue weighted by Gasteiger charge is -2.26. The smallest absolute Gasteiger partial charge is 0.337 e. The van der Waals surface area contributed by atoms with Gasteiger partial charge in [-0.25, -0.2) is 4.79 Å². The highest BCUT2D eigenvalue weighted by Crippen LogP contribution is 2.32. The second kappa shape index (κ2) is 4.86. The SMILES string of the molecule is CC(C)N1CCCC1c1nnc2ccc(C(=O)O)cn12. The quantitative estimate of drug-likeness (QED) is 0.926. The highest BCUT2D eigenvalue weighted by Gasteiger charge is 2.31. The number of carboxylic acid groups (broad SMARTS) is 1. The van der Waals surface area contributed by atoms with Gasteiger partial charge in [0.25, 0.3) is 0 Å². The Bertz CT molecular complexity index is 650. The summed E-state index contributed by atoms with van der Waals surface area (Å²) in [6.07, 6.45) is 3.79. The number of aromatic nitrogens is 3. The zero-order valence-electron chi connectivity index (χ0n) is 11.7. The lowest BCUT2D eigenvalue weighted by atomic mass is 10.2. The van der Waals surface area contributed by atoms with Crippen LogP contribution in [-0.4, -0.2) is 43.2 Å². The Morgan fingerprint density at radius 1 is 1.40 bits per heavy atom. The number of likely N-dealkylation sites (tertiary alicyclic amines) is 1. The maximum absolute atomic E-state index is 11.1. The summed E-state index contributed by atoms with van der Waals surface area (Å²) < 4.78 is 1.81. The third-order valence-corrected chi connectivity index (χ3v) is 3.93. The van der Waals surface area contributed by atoms with Crippen LogP contribution in [0.15, 0.2) is 18.3 Å². The highest BCUT2D eigenvalue weighted by molar-refractivity contribution is 5.87. The van der Waals surface area contributed by atoms with E-state index in [9.17, 15) is 4.79 Å². The largest absolute Gasteiger partial charge is 0.478 e. The minimum Gasteiger partial charge on any atom is -0.478 e. The van der Waals surface area contributed by atoms with Crippen LogP contribution < -0.4 is 0 Å². The molecule has 1 unspecified atom stereocenters. The molecule has 0 radical (unpaired) electrons. The number of pyridine rings is 1. The summed E-state index contributed by atoms with van der Waals surface area (Å²) in [5.74, 6) is -0.0898. The van der Waals surface area contributed by atoms with Crippen LogP contribution in [0.4, 0.5) is 0 Å². The van der Waals surface area contributed by atoms with Crippen molar-refractivity contribution in [3.8, 4) is 0 Å². The van der Waals surface area contributed by atoms with E-state index in [2.05, 4.69) is 28.9 Å². The van der Waals surface area contributed by atoms with Gasteiger partial charge in [-0.2, -0.15) is 0 Å². The van der Waals surface area contributed by atoms with Gasteiger partial charge in [0.05, 0.1) is 11.6 Å². The van der Waals surface area contributed by atoms with Gasteiger partial charge in [-0.05, 0) is 45.4 Å². The molecule has 0 saturated carbocycles. The van der Waals surface area contributed by atoms with Crippen molar-refractivity contribution in [2.45, 2.75) is 38.8 Å². The van der Waals surface area contributed by atoms with E-state index in [4.69, 9.17) is 5.11 Å². The Morgan fingerprint density at radius 3 is 2.90 bits per heavy atom. The van der Waals surface area contributed by atoms with Crippen LogP contribution in [0.3, 0.4) is 0 Å². The Kier molecular flexibility index (Phi) is 3.17. The molecular weight excluding hydrogens is 256 g/mol. The van der Waals surface area contributed by atoms with Crippen molar-refractivity contribution in [2.75, 3.05) is 6.54 Å². The average Bonchev–Trinajstić information content (AvgIpc) is 3.03. The molecule has 0 spiro atoms. The second-order valence-electron chi connectivity index (χ2n) is 5.50. The molecule has 2 aromatic heterocycles. The number of carbonyl (C=O) groups is 1. The molecule has 3 rings (SSSR count). The molecule has 2 aromatic rings. The summed E-state index contributed by atoms with van der Waals surface area (Å²) in [5, 5.41) is 17.6. The Balaban J connectivity index is 2.07. The zero-order valence-corrected chi connectivity index (χ0v) is 11.7. The summed E-state index contributed by atoms with van der Waals surface area (Å²) in [6, 6.07) is 3.92. The van der Waals surface area contributed by atoms with Gasteiger partial charge in [-0.1, -0.05) is 0 Å². The number of nitrogens with zero attached hydrogens (tertiary/aromatic N) is 4. The monoisotopic (exact) mass is 274 g/mol. The van der Waals surface area contributed by atoms with Gasteiger partial charge in [0.15, 0.2) is 11.5 Å². The molecular formula is C14H18N4O2. The number of fused-ring (bicyclic) bond motifs is 1. The first-order valence-electron chi connectivity index (χ1n) is 6.91. The Hall–Kier alpha value is -1.95. The van der Waals surface area contributed by atoms with Gasteiger partial charge in [-0.15, -0.1) is 10.2 Å². The third-order valence-electron chi connectivity index (χ3n) is 3.93. The van der Waals surface area contributed by atoms with Crippen molar-refractivity contribution in [1.82, 2.24) is 19.5 Å². The molecule has 0 amide bonds. The maximum atomic E-state index is 11.1. The van der Waals surface area contributed by atoms with Gasteiger partial charge in [0.1, 0.15) is 0 Å². The molecule has 1 atom stereocenters. The maximum Gasteiger partial charge on any atom is 0.337 e. The van der Waals surface area contributed by atoms with Crippen molar-refractivity contribution < 1.29 is 9.90 Å². The first-order valence-corrected chi connectivity index (χ1v) is 6.91. The van der Waals surface area contributed by atoms with Gasteiger partial charge in [-0.3, -0.25) is 9.30 Å². The van der Waals surface area contributed by atoms with E-state index in [-0.39, 0.29) is 11.6 Å². The number of hydrogen-bond donors (Lipinski definition) is 1. The van der Waals surface area contributed by atoms with E-state index in [1.165, 1.54) is 0 Å². The second-order valence-corrected chi connectivity index (χ2v) is 5.50. The van der Waals surface area contributed by atoms with E-state index in [0.717, 1.165) is 25.2 Å². The molecule has 1 N–H and O–H groups in total. The molecule has 6 heteroatoms. The van der Waals surface area contributed by atoms with Crippen molar-refractivity contribution >= 4 is 11.6 Å². The summed E-state index contributed by atoms with van der Waals surface area (Å²) >= 11 is 0. The van der Waals surface area contributed by atoms with Crippen molar-refractivity contribution in [1.29, 1.82) is 0 Å². The molecule has 1 fully saturated rings. The molecule has 0 aliphatic carbocycles. The van der Waals surface area contributed by atoms with E-state index >= 15 is 0 Å². The van der Waals surface area contributed by atoms with E-state index in [0.29, 0.717) is 11.7 Å². The van der Waals surface area contributed by atoms with Crippen molar-refractivity contribution in [2.24, 2.45) is 0 Å². The summed E-state index contributed by atoms with van der Waals surface area (Å²) in [6.45, 7) is 5.39. The van der Waals surface area contributed by atoms with Crippen LogP contribution in [-0.2, 0) is 0 Å². The van der Waals surface area contributed by atoms with E-state index in [1.807, 2.05) is 4.40 Å². The summed E-state index contributed by atoms with van der Waals surface area (Å²) in [7, 11) is 0. The van der Waals surface area contributed by atoms with Crippen LogP contribution >= 0.6 is 0 Å². The molecule has 1 aliphatic heterocycles. The standard InChI is InChI=1S/C14H18N4O2/c1-9(2)17-7-3-4-11(17)13-16-15-12-6-5-10(14(19)20)8-18(12)13/h5-6,8-9,11H,3-4,7H2,1-2H3,(H,19,20). The fourth-order valence-corrected chi connectivity index (χ4v) is 2.95. The molecule has 0 aromatic carbocycles. The lowest BCUT2D eigenvalue weighted by Crippen LogP contribution is -2.31. The topological polar surface area (TPSA) is 70.7 Å². The van der Waals surface area contributed by atoms with Crippen molar-refractivity contribution in [3.63, 3.8) is 0 Å². The number of hydrogen-bond acceptors (Lipinski definition) is 4. The summed E-state index contributed by atoms with van der Waals surface area (Å²) in [4.78, 5) is 13.5. The van der Waals surface area contributed by atoms with Gasteiger partial charge < -0.3 is 5.11 Å². The van der Waals surface area contributed by atoms with E-state index in [1.54, 1.807) is 18.3 Å². The number of carboxylic acids is 1. The number of rotatable bonds is 3. The van der Waals surface area contributed by atoms with Crippen LogP contribution in [0.2, 0.25) is 0 Å². The first kappa shape index (κ1) is 13.1. The Labute approximate surface area is 117 Å². The van der Waals surface area contributed by atoms with Crippen LogP contribution in [0.25, 0.3) is 5.65 Å². The molecule has 6 nitrogen and oxygen atoms in total. The van der Waals surface area contributed by atoms with Crippen molar-refractivity contribution in [3.05, 3.63) is 29.7 Å². The fraction of sp³-hybridized carbons (Fsp3) is 0.500. The van der Waals surface area contributed by atoms with E-state index < -0.39 is 5.97 Å². The van der Waals surface area contributed by atoms with Crippen LogP contribution in [0.5, 0.6) is 0 Å². The summed E-state index contributed by atoms with van der Waals surface area (Å²) in [5.41, 5.74) is 0.952.